The summed E-state index contributed by atoms with van der Waals surface area (Å²) in [7, 11) is 3.36. The smallest absolute Gasteiger partial charge is 0.195 e. The van der Waals surface area contributed by atoms with Gasteiger partial charge in [0.25, 0.3) is 0 Å². The van der Waals surface area contributed by atoms with Crippen LogP contribution >= 0.6 is 24.0 Å². The summed E-state index contributed by atoms with van der Waals surface area (Å²) in [5, 5.41) is 6.30. The molecule has 0 unspecified atom stereocenters. The van der Waals surface area contributed by atoms with Crippen LogP contribution in [0.15, 0.2) is 23.2 Å². The molecule has 5 nitrogen and oxygen atoms in total. The minimum Gasteiger partial charge on any atom is -0.493 e. The Kier molecular flexibility index (Phi) is 9.11. The van der Waals surface area contributed by atoms with Gasteiger partial charge in [0.05, 0.1) is 13.7 Å². The summed E-state index contributed by atoms with van der Waals surface area (Å²) in [4.78, 5) is 4.11. The van der Waals surface area contributed by atoms with Crippen LogP contribution in [0.3, 0.4) is 0 Å². The third kappa shape index (κ3) is 5.54. The van der Waals surface area contributed by atoms with E-state index in [9.17, 15) is 0 Å². The summed E-state index contributed by atoms with van der Waals surface area (Å²) >= 11 is 0. The summed E-state index contributed by atoms with van der Waals surface area (Å²) in [5.41, 5.74) is 0.900. The molecule has 0 amide bonds. The van der Waals surface area contributed by atoms with Crippen LogP contribution in [-0.4, -0.2) is 33.3 Å². The van der Waals surface area contributed by atoms with Gasteiger partial charge in [0.1, 0.15) is 0 Å². The Balaban J connectivity index is 0.00000324. The lowest BCUT2D eigenvalue weighted by atomic mass is 10.2. The molecule has 0 spiro atoms. The van der Waals surface area contributed by atoms with E-state index in [-0.39, 0.29) is 24.0 Å². The largest absolute Gasteiger partial charge is 0.493 e. The number of nitrogens with zero attached hydrogens (tertiary/aromatic N) is 1. The predicted octanol–water partition coefficient (Wildman–Crippen LogP) is 2.72. The van der Waals surface area contributed by atoms with Gasteiger partial charge in [-0.3, -0.25) is 4.99 Å². The van der Waals surface area contributed by atoms with Crippen molar-refractivity contribution in [2.24, 2.45) is 4.99 Å². The molecule has 6 heteroatoms. The van der Waals surface area contributed by atoms with E-state index in [4.69, 9.17) is 9.47 Å². The van der Waals surface area contributed by atoms with Gasteiger partial charge < -0.3 is 20.1 Å². The second-order valence-electron chi connectivity index (χ2n) is 3.53. The van der Waals surface area contributed by atoms with E-state index in [0.717, 1.165) is 23.9 Å². The first-order chi connectivity index (χ1) is 8.74. The zero-order valence-corrected chi connectivity index (χ0v) is 14.1. The standard InChI is InChI=1S/C13H21N3O2.HI/c1-5-15-13(14-3)16-10-7-8-11(18-6-2)12(9-10)17-4;/h7-9H,5-6H2,1-4H3,(H2,14,15,16);1H. The average molecular weight is 379 g/mol. The number of halogens is 1. The molecule has 0 radical (unpaired) electrons. The highest BCUT2D eigenvalue weighted by molar-refractivity contribution is 14.0. The Morgan fingerprint density at radius 2 is 2.00 bits per heavy atom. The number of rotatable bonds is 5. The molecule has 0 aliphatic carbocycles. The van der Waals surface area contributed by atoms with Gasteiger partial charge in [-0.05, 0) is 26.0 Å². The molecular weight excluding hydrogens is 357 g/mol. The summed E-state index contributed by atoms with van der Waals surface area (Å²) in [6.07, 6.45) is 0. The van der Waals surface area contributed by atoms with Crippen LogP contribution < -0.4 is 20.1 Å². The second kappa shape index (κ2) is 9.71. The first kappa shape index (κ1) is 17.8. The highest BCUT2D eigenvalue weighted by Crippen LogP contribution is 2.30. The van der Waals surface area contributed by atoms with E-state index in [2.05, 4.69) is 15.6 Å². The number of hydrogen-bond acceptors (Lipinski definition) is 3. The van der Waals surface area contributed by atoms with Crippen LogP contribution in [0.1, 0.15) is 13.8 Å². The van der Waals surface area contributed by atoms with Gasteiger partial charge in [-0.25, -0.2) is 0 Å². The second-order valence-corrected chi connectivity index (χ2v) is 3.53. The summed E-state index contributed by atoms with van der Waals surface area (Å²) < 4.78 is 10.8. The van der Waals surface area contributed by atoms with Gasteiger partial charge in [0, 0.05) is 25.3 Å². The first-order valence-electron chi connectivity index (χ1n) is 6.03. The number of hydrogen-bond donors (Lipinski definition) is 2. The van der Waals surface area contributed by atoms with Gasteiger partial charge in [0.2, 0.25) is 0 Å². The molecule has 0 fully saturated rings. The molecule has 0 aliphatic rings. The molecule has 0 saturated heterocycles. The maximum absolute atomic E-state index is 5.46. The van der Waals surface area contributed by atoms with Gasteiger partial charge in [-0.2, -0.15) is 0 Å². The molecule has 1 aromatic carbocycles. The highest BCUT2D eigenvalue weighted by Gasteiger charge is 2.06. The third-order valence-corrected chi connectivity index (χ3v) is 2.29. The predicted molar refractivity (Wildman–Crippen MR) is 90.2 cm³/mol. The summed E-state index contributed by atoms with van der Waals surface area (Å²) in [5.74, 6) is 2.17. The molecule has 108 valence electrons. The Morgan fingerprint density at radius 1 is 1.26 bits per heavy atom. The molecule has 0 aromatic heterocycles. The topological polar surface area (TPSA) is 54.9 Å². The Hall–Kier alpha value is -1.18. The van der Waals surface area contributed by atoms with E-state index in [1.165, 1.54) is 0 Å². The number of nitrogens with one attached hydrogen (secondary N) is 2. The van der Waals surface area contributed by atoms with Crippen molar-refractivity contribution in [2.45, 2.75) is 13.8 Å². The van der Waals surface area contributed by atoms with Gasteiger partial charge in [-0.15, -0.1) is 24.0 Å². The van der Waals surface area contributed by atoms with E-state index in [1.54, 1.807) is 14.2 Å². The highest BCUT2D eigenvalue weighted by atomic mass is 127. The molecule has 0 aliphatic heterocycles. The van der Waals surface area contributed by atoms with Crippen molar-refractivity contribution < 1.29 is 9.47 Å². The monoisotopic (exact) mass is 379 g/mol. The van der Waals surface area contributed by atoms with E-state index in [1.807, 2.05) is 32.0 Å². The number of ether oxygens (including phenoxy) is 2. The molecule has 0 saturated carbocycles. The quantitative estimate of drug-likeness (QED) is 0.469. The lowest BCUT2D eigenvalue weighted by Crippen LogP contribution is -2.30. The zero-order chi connectivity index (χ0) is 13.4. The third-order valence-electron chi connectivity index (χ3n) is 2.29. The van der Waals surface area contributed by atoms with Gasteiger partial charge in [-0.1, -0.05) is 0 Å². The SMILES string of the molecule is CCNC(=NC)Nc1ccc(OCC)c(OC)c1.I. The summed E-state index contributed by atoms with van der Waals surface area (Å²) in [6.45, 7) is 5.39. The first-order valence-corrected chi connectivity index (χ1v) is 6.03. The van der Waals surface area contributed by atoms with Crippen molar-refractivity contribution in [3.05, 3.63) is 18.2 Å². The number of methoxy groups -OCH3 is 1. The van der Waals surface area contributed by atoms with Crippen LogP contribution in [0.5, 0.6) is 11.5 Å². The van der Waals surface area contributed by atoms with Crippen molar-refractivity contribution in [1.29, 1.82) is 0 Å². The lowest BCUT2D eigenvalue weighted by molar-refractivity contribution is 0.311. The van der Waals surface area contributed by atoms with Crippen molar-refractivity contribution in [3.63, 3.8) is 0 Å². The fourth-order valence-electron chi connectivity index (χ4n) is 1.50. The molecule has 1 aromatic rings. The molecular formula is C13H22IN3O2. The Labute approximate surface area is 131 Å². The molecule has 0 bridgehead atoms. The minimum atomic E-state index is 0. The molecule has 2 N–H and O–H groups in total. The maximum Gasteiger partial charge on any atom is 0.195 e. The minimum absolute atomic E-state index is 0. The van der Waals surface area contributed by atoms with Crippen LogP contribution in [0.25, 0.3) is 0 Å². The van der Waals surface area contributed by atoms with Gasteiger partial charge in [0.15, 0.2) is 17.5 Å². The number of aliphatic imine (C=N–C) groups is 1. The normalized spacial score (nSPS) is 10.4. The molecule has 0 heterocycles. The number of benzene rings is 1. The van der Waals surface area contributed by atoms with Crippen LogP contribution in [0.2, 0.25) is 0 Å². The van der Waals surface area contributed by atoms with Crippen LogP contribution in [-0.2, 0) is 0 Å². The fraction of sp³-hybridized carbons (Fsp3) is 0.462. The van der Waals surface area contributed by atoms with Gasteiger partial charge >= 0.3 is 0 Å². The molecule has 19 heavy (non-hydrogen) atoms. The Bertz CT molecular complexity index is 411. The molecule has 1 rings (SSSR count). The van der Waals surface area contributed by atoms with E-state index < -0.39 is 0 Å². The number of guanidine groups is 1. The molecule has 0 atom stereocenters. The van der Waals surface area contributed by atoms with Crippen molar-refractivity contribution in [2.75, 3.05) is 32.6 Å². The maximum atomic E-state index is 5.46. The van der Waals surface area contributed by atoms with Crippen molar-refractivity contribution in [3.8, 4) is 11.5 Å². The number of anilines is 1. The average Bonchev–Trinajstić information content (AvgIpc) is 2.40. The van der Waals surface area contributed by atoms with Crippen LogP contribution in [0, 0.1) is 0 Å². The van der Waals surface area contributed by atoms with E-state index >= 15 is 0 Å². The van der Waals surface area contributed by atoms with Crippen LogP contribution in [0.4, 0.5) is 5.69 Å². The van der Waals surface area contributed by atoms with Crippen molar-refractivity contribution >= 4 is 35.6 Å². The zero-order valence-electron chi connectivity index (χ0n) is 11.8. The Morgan fingerprint density at radius 3 is 2.53 bits per heavy atom. The fourth-order valence-corrected chi connectivity index (χ4v) is 1.50. The summed E-state index contributed by atoms with van der Waals surface area (Å²) in [6, 6.07) is 5.69. The van der Waals surface area contributed by atoms with E-state index in [0.29, 0.717) is 12.4 Å². The lowest BCUT2D eigenvalue weighted by Gasteiger charge is -2.13. The van der Waals surface area contributed by atoms with Crippen molar-refractivity contribution in [1.82, 2.24) is 5.32 Å².